The van der Waals surface area contributed by atoms with Gasteiger partial charge in [0.15, 0.2) is 0 Å². The van der Waals surface area contributed by atoms with Crippen LogP contribution in [0.1, 0.15) is 54.5 Å². The fourth-order valence-electron chi connectivity index (χ4n) is 3.42. The van der Waals surface area contributed by atoms with Crippen molar-refractivity contribution in [2.24, 2.45) is 0 Å². The third-order valence-electron chi connectivity index (χ3n) is 4.69. The Balaban J connectivity index is 2.12. The Morgan fingerprint density at radius 2 is 1.87 bits per heavy atom. The highest BCUT2D eigenvalue weighted by atomic mass is 16.3. The molecule has 0 heterocycles. The molecule has 0 aliphatic heterocycles. The van der Waals surface area contributed by atoms with Gasteiger partial charge >= 0.3 is 0 Å². The summed E-state index contributed by atoms with van der Waals surface area (Å²) in [5.41, 5.74) is 6.33. The molecule has 23 heavy (non-hydrogen) atoms. The number of aliphatic hydroxyl groups is 1. The molecular formula is C21H24O2. The van der Waals surface area contributed by atoms with Gasteiger partial charge in [-0.1, -0.05) is 56.2 Å². The second-order valence-corrected chi connectivity index (χ2v) is 6.51. The maximum atomic E-state index is 10.7. The number of hydrogen-bond donors (Lipinski definition) is 2. The molecule has 0 fully saturated rings. The third-order valence-corrected chi connectivity index (χ3v) is 4.69. The Morgan fingerprint density at radius 3 is 2.61 bits per heavy atom. The van der Waals surface area contributed by atoms with E-state index in [1.807, 2.05) is 31.2 Å². The zero-order valence-electron chi connectivity index (χ0n) is 13.9. The minimum atomic E-state index is -0.753. The minimum absolute atomic E-state index is 0.257. The van der Waals surface area contributed by atoms with Crippen LogP contribution in [0, 0.1) is 6.92 Å². The van der Waals surface area contributed by atoms with E-state index >= 15 is 0 Å². The molecule has 2 aromatic carbocycles. The number of aromatic hydroxyl groups is 1. The second kappa shape index (κ2) is 6.21. The van der Waals surface area contributed by atoms with Crippen LogP contribution in [0.15, 0.2) is 36.9 Å². The van der Waals surface area contributed by atoms with Crippen molar-refractivity contribution in [1.29, 1.82) is 0 Å². The Morgan fingerprint density at radius 1 is 1.09 bits per heavy atom. The smallest absolute Gasteiger partial charge is 0.124 e. The molecule has 0 aromatic heterocycles. The summed E-state index contributed by atoms with van der Waals surface area (Å²) < 4.78 is 0. The SMILES string of the molecule is C=C1c2ccc(C)cc2-c2c(O)cc(CCCCC)cc2C1O. The van der Waals surface area contributed by atoms with Gasteiger partial charge in [0.05, 0.1) is 0 Å². The van der Waals surface area contributed by atoms with Crippen molar-refractivity contribution in [3.05, 3.63) is 59.2 Å². The lowest BCUT2D eigenvalue weighted by Crippen LogP contribution is -2.10. The number of phenolic OH excluding ortho intramolecular Hbond substituents is 1. The summed E-state index contributed by atoms with van der Waals surface area (Å²) in [6.07, 6.45) is 3.62. The van der Waals surface area contributed by atoms with Crippen LogP contribution in [-0.4, -0.2) is 10.2 Å². The van der Waals surface area contributed by atoms with Gasteiger partial charge in [0, 0.05) is 5.56 Å². The van der Waals surface area contributed by atoms with E-state index in [0.717, 1.165) is 46.2 Å². The van der Waals surface area contributed by atoms with E-state index in [0.29, 0.717) is 5.57 Å². The van der Waals surface area contributed by atoms with Gasteiger partial charge < -0.3 is 10.2 Å². The lowest BCUT2D eigenvalue weighted by Gasteiger charge is -2.28. The lowest BCUT2D eigenvalue weighted by molar-refractivity contribution is 0.237. The van der Waals surface area contributed by atoms with Crippen molar-refractivity contribution in [3.8, 4) is 16.9 Å². The average molecular weight is 308 g/mol. The van der Waals surface area contributed by atoms with Gasteiger partial charge in [-0.2, -0.15) is 0 Å². The maximum Gasteiger partial charge on any atom is 0.124 e. The first kappa shape index (κ1) is 15.8. The lowest BCUT2D eigenvalue weighted by atomic mass is 9.79. The standard InChI is InChI=1S/C21H24O2/c1-4-5-6-7-15-11-18-20(19(22)12-15)17-10-13(2)8-9-16(17)14(3)21(18)23/h8-12,21-23H,3-7H2,1-2H3. The molecule has 2 aromatic rings. The van der Waals surface area contributed by atoms with Gasteiger partial charge in [0.25, 0.3) is 0 Å². The van der Waals surface area contributed by atoms with Gasteiger partial charge in [0.1, 0.15) is 11.9 Å². The van der Waals surface area contributed by atoms with Crippen LogP contribution >= 0.6 is 0 Å². The maximum absolute atomic E-state index is 10.7. The molecule has 120 valence electrons. The summed E-state index contributed by atoms with van der Waals surface area (Å²) in [5.74, 6) is 0.257. The van der Waals surface area contributed by atoms with E-state index in [2.05, 4.69) is 19.6 Å². The zero-order valence-corrected chi connectivity index (χ0v) is 13.9. The normalized spacial score (nSPS) is 16.1. The molecule has 1 aliphatic rings. The quantitative estimate of drug-likeness (QED) is 0.766. The van der Waals surface area contributed by atoms with Crippen LogP contribution < -0.4 is 0 Å². The van der Waals surface area contributed by atoms with E-state index in [4.69, 9.17) is 0 Å². The number of fused-ring (bicyclic) bond motifs is 3. The van der Waals surface area contributed by atoms with E-state index in [1.165, 1.54) is 12.8 Å². The first-order valence-electron chi connectivity index (χ1n) is 8.37. The molecule has 0 radical (unpaired) electrons. The van der Waals surface area contributed by atoms with Gasteiger partial charge in [-0.3, -0.25) is 0 Å². The minimum Gasteiger partial charge on any atom is -0.507 e. The van der Waals surface area contributed by atoms with Gasteiger partial charge in [-0.25, -0.2) is 0 Å². The Bertz CT molecular complexity index is 759. The predicted octanol–water partition coefficient (Wildman–Crippen LogP) is 5.16. The fraction of sp³-hybridized carbons (Fsp3) is 0.333. The highest BCUT2D eigenvalue weighted by molar-refractivity contribution is 5.92. The van der Waals surface area contributed by atoms with Crippen LogP contribution in [0.2, 0.25) is 0 Å². The molecule has 2 N–H and O–H groups in total. The number of aliphatic hydroxyl groups excluding tert-OH is 1. The summed E-state index contributed by atoms with van der Waals surface area (Å²) >= 11 is 0. The molecule has 2 heteroatoms. The summed E-state index contributed by atoms with van der Waals surface area (Å²) in [6.45, 7) is 8.28. The summed E-state index contributed by atoms with van der Waals surface area (Å²) in [5, 5.41) is 21.3. The molecule has 0 saturated carbocycles. The molecule has 0 saturated heterocycles. The molecule has 0 amide bonds. The predicted molar refractivity (Wildman–Crippen MR) is 95.5 cm³/mol. The fourth-order valence-corrected chi connectivity index (χ4v) is 3.42. The van der Waals surface area contributed by atoms with Gasteiger partial charge in [-0.15, -0.1) is 0 Å². The topological polar surface area (TPSA) is 40.5 Å². The van der Waals surface area contributed by atoms with Crippen LogP contribution in [0.25, 0.3) is 16.7 Å². The number of unbranched alkanes of at least 4 members (excludes halogenated alkanes) is 2. The summed E-state index contributed by atoms with van der Waals surface area (Å²) in [6, 6.07) is 9.93. The molecule has 3 rings (SSSR count). The summed E-state index contributed by atoms with van der Waals surface area (Å²) in [7, 11) is 0. The zero-order chi connectivity index (χ0) is 16.6. The molecule has 1 unspecified atom stereocenters. The third kappa shape index (κ3) is 2.79. The van der Waals surface area contributed by atoms with E-state index in [1.54, 1.807) is 0 Å². The number of phenols is 1. The second-order valence-electron chi connectivity index (χ2n) is 6.51. The highest BCUT2D eigenvalue weighted by Crippen LogP contribution is 2.48. The van der Waals surface area contributed by atoms with Crippen molar-refractivity contribution in [2.45, 2.75) is 45.6 Å². The number of benzene rings is 2. The Hall–Kier alpha value is -2.06. The number of hydrogen-bond acceptors (Lipinski definition) is 2. The first-order valence-corrected chi connectivity index (χ1v) is 8.37. The number of aryl methyl sites for hydroxylation is 2. The Labute approximate surface area is 138 Å². The van der Waals surface area contributed by atoms with Crippen molar-refractivity contribution < 1.29 is 10.2 Å². The van der Waals surface area contributed by atoms with E-state index in [9.17, 15) is 10.2 Å². The number of rotatable bonds is 4. The highest BCUT2D eigenvalue weighted by Gasteiger charge is 2.29. The van der Waals surface area contributed by atoms with Crippen molar-refractivity contribution >= 4 is 5.57 Å². The molecule has 0 spiro atoms. The first-order chi connectivity index (χ1) is 11.0. The summed E-state index contributed by atoms with van der Waals surface area (Å²) in [4.78, 5) is 0. The molecule has 1 atom stereocenters. The van der Waals surface area contributed by atoms with Crippen LogP contribution in [0.5, 0.6) is 5.75 Å². The Kier molecular flexibility index (Phi) is 4.27. The van der Waals surface area contributed by atoms with E-state index in [-0.39, 0.29) is 5.75 Å². The monoisotopic (exact) mass is 308 g/mol. The van der Waals surface area contributed by atoms with Gasteiger partial charge in [-0.05, 0) is 53.7 Å². The molecule has 2 nitrogen and oxygen atoms in total. The van der Waals surface area contributed by atoms with Crippen LogP contribution in [-0.2, 0) is 6.42 Å². The van der Waals surface area contributed by atoms with Crippen molar-refractivity contribution in [3.63, 3.8) is 0 Å². The van der Waals surface area contributed by atoms with Crippen LogP contribution in [0.3, 0.4) is 0 Å². The van der Waals surface area contributed by atoms with Crippen molar-refractivity contribution in [2.75, 3.05) is 0 Å². The van der Waals surface area contributed by atoms with Crippen LogP contribution in [0.4, 0.5) is 0 Å². The molecule has 0 bridgehead atoms. The van der Waals surface area contributed by atoms with E-state index < -0.39 is 6.10 Å². The molecular weight excluding hydrogens is 284 g/mol. The van der Waals surface area contributed by atoms with Gasteiger partial charge in [0.2, 0.25) is 0 Å². The molecule has 1 aliphatic carbocycles. The largest absolute Gasteiger partial charge is 0.507 e. The average Bonchev–Trinajstić information content (AvgIpc) is 2.52. The van der Waals surface area contributed by atoms with Crippen molar-refractivity contribution in [1.82, 2.24) is 0 Å².